The normalized spacial score (nSPS) is 36.8. The average Bonchev–Trinajstić information content (AvgIpc) is 2.62. The number of hydrogen-bond acceptors (Lipinski definition) is 7. The molecule has 1 rings (SSSR count). The minimum absolute atomic E-state index is 0.187. The van der Waals surface area contributed by atoms with Gasteiger partial charge in [-0.25, -0.2) is 0 Å². The number of aliphatic hydroxyl groups excluding tert-OH is 3. The molecule has 0 aliphatic carbocycles. The van der Waals surface area contributed by atoms with Gasteiger partial charge in [-0.15, -0.1) is 0 Å². The van der Waals surface area contributed by atoms with Gasteiger partial charge in [-0.2, -0.15) is 0 Å². The van der Waals surface area contributed by atoms with E-state index in [9.17, 15) is 20.1 Å². The molecule has 0 aromatic carbocycles. The van der Waals surface area contributed by atoms with E-state index in [2.05, 4.69) is 5.32 Å². The lowest BCUT2D eigenvalue weighted by molar-refractivity contribution is -0.227. The SMILES string of the molecule is CCC(C)C(NCC1(O)OC(CO)C(O)C1O)C(=O)O. The minimum Gasteiger partial charge on any atom is -0.480 e. The molecule has 8 nitrogen and oxygen atoms in total. The molecule has 6 unspecified atom stereocenters. The summed E-state index contributed by atoms with van der Waals surface area (Å²) in [5.74, 6) is -3.39. The van der Waals surface area contributed by atoms with E-state index in [1.54, 1.807) is 6.92 Å². The molecule has 1 aliphatic heterocycles. The monoisotopic (exact) mass is 293 g/mol. The van der Waals surface area contributed by atoms with Crippen LogP contribution in [0.5, 0.6) is 0 Å². The molecule has 0 amide bonds. The zero-order chi connectivity index (χ0) is 15.5. The Kier molecular flexibility index (Phi) is 5.87. The third kappa shape index (κ3) is 3.46. The van der Waals surface area contributed by atoms with Crippen molar-refractivity contribution in [1.82, 2.24) is 5.32 Å². The molecular weight excluding hydrogens is 270 g/mol. The summed E-state index contributed by atoms with van der Waals surface area (Å²) in [6.45, 7) is 2.65. The van der Waals surface area contributed by atoms with E-state index >= 15 is 0 Å². The van der Waals surface area contributed by atoms with E-state index in [0.717, 1.165) is 0 Å². The Labute approximate surface area is 117 Å². The van der Waals surface area contributed by atoms with Gasteiger partial charge in [0.2, 0.25) is 5.79 Å². The molecule has 6 N–H and O–H groups in total. The number of rotatable bonds is 7. The topological polar surface area (TPSA) is 139 Å². The minimum atomic E-state index is -2.13. The van der Waals surface area contributed by atoms with E-state index in [0.29, 0.717) is 6.42 Å². The molecule has 0 saturated carbocycles. The van der Waals surface area contributed by atoms with Crippen molar-refractivity contribution in [3.63, 3.8) is 0 Å². The number of carbonyl (C=O) groups is 1. The van der Waals surface area contributed by atoms with Gasteiger partial charge in [0.1, 0.15) is 24.4 Å². The van der Waals surface area contributed by atoms with Crippen molar-refractivity contribution in [2.75, 3.05) is 13.2 Å². The number of carboxylic acids is 1. The summed E-state index contributed by atoms with van der Waals surface area (Å²) in [6.07, 6.45) is -3.55. The number of ether oxygens (including phenoxy) is 1. The maximum absolute atomic E-state index is 11.1. The van der Waals surface area contributed by atoms with Crippen molar-refractivity contribution in [2.45, 2.75) is 50.4 Å². The predicted octanol–water partition coefficient (Wildman–Crippen LogP) is -2.12. The van der Waals surface area contributed by atoms with Gasteiger partial charge in [-0.3, -0.25) is 10.1 Å². The van der Waals surface area contributed by atoms with Crippen LogP contribution in [0.3, 0.4) is 0 Å². The Balaban J connectivity index is 2.69. The smallest absolute Gasteiger partial charge is 0.320 e. The molecule has 0 radical (unpaired) electrons. The van der Waals surface area contributed by atoms with Gasteiger partial charge in [0.05, 0.1) is 13.2 Å². The van der Waals surface area contributed by atoms with Crippen LogP contribution in [0, 0.1) is 5.92 Å². The van der Waals surface area contributed by atoms with Crippen LogP contribution >= 0.6 is 0 Å². The molecule has 1 aliphatic rings. The van der Waals surface area contributed by atoms with Crippen molar-refractivity contribution in [3.05, 3.63) is 0 Å². The first-order valence-electron chi connectivity index (χ1n) is 6.60. The molecule has 6 atom stereocenters. The van der Waals surface area contributed by atoms with Crippen molar-refractivity contribution in [1.29, 1.82) is 0 Å². The lowest BCUT2D eigenvalue weighted by Crippen LogP contribution is -2.54. The summed E-state index contributed by atoms with van der Waals surface area (Å²) < 4.78 is 5.02. The molecule has 0 bridgehead atoms. The molecule has 1 fully saturated rings. The van der Waals surface area contributed by atoms with Gasteiger partial charge >= 0.3 is 5.97 Å². The molecule has 0 aromatic heterocycles. The summed E-state index contributed by atoms with van der Waals surface area (Å²) >= 11 is 0. The predicted molar refractivity (Wildman–Crippen MR) is 67.8 cm³/mol. The van der Waals surface area contributed by atoms with Gasteiger partial charge in [0.15, 0.2) is 0 Å². The fraction of sp³-hybridized carbons (Fsp3) is 0.917. The molecule has 0 spiro atoms. The Hall–Kier alpha value is -0.770. The zero-order valence-electron chi connectivity index (χ0n) is 11.6. The average molecular weight is 293 g/mol. The fourth-order valence-corrected chi connectivity index (χ4v) is 2.19. The van der Waals surface area contributed by atoms with Crippen molar-refractivity contribution >= 4 is 5.97 Å². The fourth-order valence-electron chi connectivity index (χ4n) is 2.19. The van der Waals surface area contributed by atoms with Crippen LogP contribution in [0.15, 0.2) is 0 Å². The first-order valence-corrected chi connectivity index (χ1v) is 6.60. The highest BCUT2D eigenvalue weighted by atomic mass is 16.7. The maximum Gasteiger partial charge on any atom is 0.320 e. The molecule has 1 saturated heterocycles. The van der Waals surface area contributed by atoms with E-state index < -0.39 is 42.7 Å². The Morgan fingerprint density at radius 3 is 2.45 bits per heavy atom. The first kappa shape index (κ1) is 17.3. The second-order valence-corrected chi connectivity index (χ2v) is 5.20. The van der Waals surface area contributed by atoms with Crippen LogP contribution in [0.25, 0.3) is 0 Å². The van der Waals surface area contributed by atoms with E-state index in [4.69, 9.17) is 14.9 Å². The van der Waals surface area contributed by atoms with Crippen molar-refractivity contribution < 1.29 is 35.1 Å². The van der Waals surface area contributed by atoms with Gasteiger partial charge in [-0.05, 0) is 5.92 Å². The zero-order valence-corrected chi connectivity index (χ0v) is 11.6. The summed E-state index contributed by atoms with van der Waals surface area (Å²) in [6, 6.07) is -0.912. The highest BCUT2D eigenvalue weighted by molar-refractivity contribution is 5.73. The highest BCUT2D eigenvalue weighted by Gasteiger charge is 2.53. The summed E-state index contributed by atoms with van der Waals surface area (Å²) in [4.78, 5) is 11.1. The van der Waals surface area contributed by atoms with E-state index in [1.165, 1.54) is 0 Å². The molecule has 0 aromatic rings. The number of hydrogen-bond donors (Lipinski definition) is 6. The van der Waals surface area contributed by atoms with Gasteiger partial charge in [0, 0.05) is 0 Å². The van der Waals surface area contributed by atoms with Crippen LogP contribution < -0.4 is 5.32 Å². The number of nitrogens with one attached hydrogen (secondary N) is 1. The first-order chi connectivity index (χ1) is 9.26. The van der Waals surface area contributed by atoms with E-state index in [-0.39, 0.29) is 12.5 Å². The number of aliphatic carboxylic acids is 1. The summed E-state index contributed by atoms with van der Waals surface area (Å²) in [5.41, 5.74) is 0. The maximum atomic E-state index is 11.1. The van der Waals surface area contributed by atoms with Crippen molar-refractivity contribution in [2.24, 2.45) is 5.92 Å². The van der Waals surface area contributed by atoms with E-state index in [1.807, 2.05) is 6.92 Å². The molecule has 8 heteroatoms. The summed E-state index contributed by atoms with van der Waals surface area (Å²) in [5, 5.41) is 50.1. The van der Waals surface area contributed by atoms with Gasteiger partial charge in [0.25, 0.3) is 0 Å². The van der Waals surface area contributed by atoms with Gasteiger partial charge < -0.3 is 30.3 Å². The van der Waals surface area contributed by atoms with Crippen molar-refractivity contribution in [3.8, 4) is 0 Å². The summed E-state index contributed by atoms with van der Waals surface area (Å²) in [7, 11) is 0. The van der Waals surface area contributed by atoms with Crippen LogP contribution in [0.4, 0.5) is 0 Å². The number of aliphatic hydroxyl groups is 4. The molecule has 1 heterocycles. The Morgan fingerprint density at radius 1 is 1.45 bits per heavy atom. The number of carboxylic acid groups (broad SMARTS) is 1. The lowest BCUT2D eigenvalue weighted by Gasteiger charge is -2.29. The van der Waals surface area contributed by atoms with Crippen LogP contribution in [0.2, 0.25) is 0 Å². The lowest BCUT2D eigenvalue weighted by atomic mass is 9.98. The third-order valence-electron chi connectivity index (χ3n) is 3.76. The Morgan fingerprint density at radius 2 is 2.05 bits per heavy atom. The highest BCUT2D eigenvalue weighted by Crippen LogP contribution is 2.28. The molecular formula is C12H23NO7. The van der Waals surface area contributed by atoms with Gasteiger partial charge in [-0.1, -0.05) is 20.3 Å². The molecule has 118 valence electrons. The quantitative estimate of drug-likeness (QED) is 0.313. The van der Waals surface area contributed by atoms with Crippen LogP contribution in [-0.2, 0) is 9.53 Å². The standard InChI is InChI=1S/C12H23NO7/c1-3-6(2)8(11(17)18)13-5-12(19)10(16)9(15)7(4-14)20-12/h6-10,13-16,19H,3-5H2,1-2H3,(H,17,18). The third-order valence-corrected chi connectivity index (χ3v) is 3.76. The largest absolute Gasteiger partial charge is 0.480 e. The van der Waals surface area contributed by atoms with Crippen LogP contribution in [-0.4, -0.2) is 74.8 Å². The second-order valence-electron chi connectivity index (χ2n) is 5.20. The Bertz CT molecular complexity index is 340. The second kappa shape index (κ2) is 6.79. The molecule has 20 heavy (non-hydrogen) atoms. The van der Waals surface area contributed by atoms with Crippen LogP contribution in [0.1, 0.15) is 20.3 Å².